The number of anilines is 3. The van der Waals surface area contributed by atoms with Crippen LogP contribution in [0.15, 0.2) is 167 Å². The summed E-state index contributed by atoms with van der Waals surface area (Å²) >= 11 is 0. The van der Waals surface area contributed by atoms with Crippen LogP contribution in [-0.4, -0.2) is 11.3 Å². The van der Waals surface area contributed by atoms with Gasteiger partial charge in [0.15, 0.2) is 0 Å². The summed E-state index contributed by atoms with van der Waals surface area (Å²) in [7, 11) is 0. The molecule has 8 fully saturated rings. The summed E-state index contributed by atoms with van der Waals surface area (Å²) in [5, 5.41) is 9.98. The maximum Gasteiger partial charge on any atom is 0.337 e. The number of aromatic nitrogens is 1. The first-order chi connectivity index (χ1) is 39.6. The highest BCUT2D eigenvalue weighted by atomic mass is 16.3. The molecule has 0 N–H and O–H groups in total. The lowest BCUT2D eigenvalue weighted by Gasteiger charge is -2.57. The van der Waals surface area contributed by atoms with E-state index in [1.807, 2.05) is 0 Å². The van der Waals surface area contributed by atoms with Gasteiger partial charge >= 0.3 is 6.85 Å². The summed E-state index contributed by atoms with van der Waals surface area (Å²) in [6.45, 7) is 6.81. The number of rotatable bonds is 4. The normalized spacial score (nSPS) is 26.7. The Kier molecular flexibility index (Phi) is 8.55. The fourth-order valence-corrected chi connectivity index (χ4v) is 20.6. The maximum absolute atomic E-state index is 7.59. The van der Waals surface area contributed by atoms with Crippen molar-refractivity contribution in [2.45, 2.75) is 114 Å². The minimum Gasteiger partial charge on any atom is -0.456 e. The van der Waals surface area contributed by atoms with Crippen LogP contribution in [0.2, 0.25) is 0 Å². The second kappa shape index (κ2) is 15.3. The highest BCUT2D eigenvalue weighted by Gasteiger charge is 2.55. The first-order valence-electron chi connectivity index (χ1n) is 31.1. The molecule has 0 spiro atoms. The zero-order valence-electron chi connectivity index (χ0n) is 46.7. The summed E-state index contributed by atoms with van der Waals surface area (Å²) in [5.41, 5.74) is 22.6. The molecule has 8 aliphatic carbocycles. The van der Waals surface area contributed by atoms with E-state index in [-0.39, 0.29) is 23.1 Å². The van der Waals surface area contributed by atoms with Crippen LogP contribution in [0.25, 0.3) is 98.7 Å². The quantitative estimate of drug-likeness (QED) is 0.165. The van der Waals surface area contributed by atoms with Crippen LogP contribution in [0.3, 0.4) is 0 Å². The summed E-state index contributed by atoms with van der Waals surface area (Å²) in [5.74, 6) is 5.13. The van der Waals surface area contributed by atoms with Crippen LogP contribution in [-0.2, 0) is 16.2 Å². The molecule has 5 heterocycles. The standard InChI is InChI=1S/C76H65BN2O2/c1-74(2,3)51-17-20-62(56(31-51)48-11-5-4-6-12-48)78-64-22-19-55-58-29-49-13-7-8-14-50(49)30-67(58)81-73(55)70(64)77-69-65(78)35-60-54-15-9-10-16-66(54)80-72(60)68(69)61-34-53(76-39-45-26-46(40-76)28-47(27-45)41-76)33-59-57-32-52(18-21-63(57)79(77)71(59)61)75-36-42-23-43(37-75)25-44(24-42)38-75/h4-22,29-35,42-47H,23-28,36-41H2,1-3H3. The molecule has 0 radical (unpaired) electrons. The van der Waals surface area contributed by atoms with Gasteiger partial charge in [0.2, 0.25) is 0 Å². The summed E-state index contributed by atoms with van der Waals surface area (Å²) in [6.07, 6.45) is 16.7. The van der Waals surface area contributed by atoms with Gasteiger partial charge in [-0.15, -0.1) is 0 Å². The van der Waals surface area contributed by atoms with Crippen molar-refractivity contribution >= 4 is 111 Å². The van der Waals surface area contributed by atoms with Crippen molar-refractivity contribution < 1.29 is 8.83 Å². The Morgan fingerprint density at radius 3 is 1.79 bits per heavy atom. The zero-order valence-corrected chi connectivity index (χ0v) is 46.7. The average molecular weight is 1050 g/mol. The van der Waals surface area contributed by atoms with Gasteiger partial charge < -0.3 is 18.2 Å². The molecule has 8 saturated carbocycles. The van der Waals surface area contributed by atoms with Gasteiger partial charge in [-0.1, -0.05) is 106 Å². The molecule has 9 aromatic carbocycles. The predicted molar refractivity (Wildman–Crippen MR) is 336 cm³/mol. The van der Waals surface area contributed by atoms with E-state index in [4.69, 9.17) is 8.83 Å². The van der Waals surface area contributed by atoms with Gasteiger partial charge in [0, 0.05) is 76.9 Å². The molecule has 394 valence electrons. The van der Waals surface area contributed by atoms with E-state index in [9.17, 15) is 0 Å². The van der Waals surface area contributed by atoms with Crippen LogP contribution in [0.1, 0.15) is 115 Å². The molecular formula is C76H65BN2O2. The van der Waals surface area contributed by atoms with Crippen molar-refractivity contribution in [2.75, 3.05) is 4.90 Å². The van der Waals surface area contributed by atoms with E-state index >= 15 is 0 Å². The molecule has 0 unspecified atom stereocenters. The largest absolute Gasteiger partial charge is 0.456 e. The van der Waals surface area contributed by atoms with Gasteiger partial charge in [0.25, 0.3) is 0 Å². The third-order valence-electron chi connectivity index (χ3n) is 23.2. The molecule has 2 aliphatic heterocycles. The molecule has 22 rings (SSSR count). The van der Waals surface area contributed by atoms with Gasteiger partial charge in [-0.2, -0.15) is 0 Å². The van der Waals surface area contributed by atoms with Crippen molar-refractivity contribution in [3.05, 3.63) is 174 Å². The fourth-order valence-electron chi connectivity index (χ4n) is 20.6. The lowest BCUT2D eigenvalue weighted by Crippen LogP contribution is -2.57. The van der Waals surface area contributed by atoms with E-state index in [1.54, 1.807) is 11.1 Å². The van der Waals surface area contributed by atoms with Crippen molar-refractivity contribution in [1.82, 2.24) is 4.48 Å². The Balaban J connectivity index is 0.959. The van der Waals surface area contributed by atoms with E-state index in [0.29, 0.717) is 0 Å². The molecule has 81 heavy (non-hydrogen) atoms. The van der Waals surface area contributed by atoms with E-state index in [1.165, 1.54) is 171 Å². The molecule has 0 saturated heterocycles. The molecule has 5 heteroatoms. The topological polar surface area (TPSA) is 34.5 Å². The van der Waals surface area contributed by atoms with Crippen LogP contribution < -0.4 is 15.8 Å². The minimum atomic E-state index is -0.227. The van der Waals surface area contributed by atoms with Crippen LogP contribution in [0, 0.1) is 35.5 Å². The predicted octanol–water partition coefficient (Wildman–Crippen LogP) is 19.1. The fraction of sp³-hybridized carbons (Fsp3) is 0.316. The van der Waals surface area contributed by atoms with Crippen molar-refractivity contribution in [1.29, 1.82) is 0 Å². The monoisotopic (exact) mass is 1050 g/mol. The van der Waals surface area contributed by atoms with Crippen molar-refractivity contribution in [2.24, 2.45) is 35.5 Å². The van der Waals surface area contributed by atoms with E-state index in [0.717, 1.165) is 74.3 Å². The zero-order chi connectivity index (χ0) is 53.0. The first kappa shape index (κ1) is 45.2. The summed E-state index contributed by atoms with van der Waals surface area (Å²) < 4.78 is 17.9. The lowest BCUT2D eigenvalue weighted by molar-refractivity contribution is -0.00527. The smallest absolute Gasteiger partial charge is 0.337 e. The van der Waals surface area contributed by atoms with Crippen molar-refractivity contribution in [3.63, 3.8) is 0 Å². The van der Waals surface area contributed by atoms with Gasteiger partial charge in [-0.05, 0) is 240 Å². The Morgan fingerprint density at radius 2 is 1.07 bits per heavy atom. The molecule has 0 atom stereocenters. The molecule has 8 bridgehead atoms. The first-order valence-corrected chi connectivity index (χ1v) is 31.1. The Morgan fingerprint density at radius 1 is 0.444 bits per heavy atom. The highest BCUT2D eigenvalue weighted by Crippen LogP contribution is 2.64. The second-order valence-corrected chi connectivity index (χ2v) is 28.8. The molecule has 0 amide bonds. The number of nitrogens with zero attached hydrogens (tertiary/aromatic N) is 2. The van der Waals surface area contributed by atoms with Crippen LogP contribution >= 0.6 is 0 Å². The average Bonchev–Trinajstić information content (AvgIpc) is 2.18. The third-order valence-corrected chi connectivity index (χ3v) is 23.2. The Labute approximate surface area is 473 Å². The second-order valence-electron chi connectivity index (χ2n) is 28.8. The molecule has 12 aromatic rings. The number of benzene rings is 9. The molecule has 10 aliphatic rings. The summed E-state index contributed by atoms with van der Waals surface area (Å²) in [4.78, 5) is 2.66. The third kappa shape index (κ3) is 5.98. The number of fused-ring (bicyclic) bond motifs is 16. The van der Waals surface area contributed by atoms with Crippen LogP contribution in [0.4, 0.5) is 17.1 Å². The highest BCUT2D eigenvalue weighted by molar-refractivity contribution is 6.92. The van der Waals surface area contributed by atoms with E-state index < -0.39 is 0 Å². The number of hydrogen-bond donors (Lipinski definition) is 0. The minimum absolute atomic E-state index is 0.0563. The summed E-state index contributed by atoms with van der Waals surface area (Å²) in [6, 6.07) is 61.6. The van der Waals surface area contributed by atoms with Gasteiger partial charge in [0.1, 0.15) is 22.3 Å². The number of para-hydroxylation sites is 1. The van der Waals surface area contributed by atoms with Crippen molar-refractivity contribution in [3.8, 4) is 22.3 Å². The maximum atomic E-state index is 7.59. The Bertz CT molecular complexity index is 4720. The molecular weight excluding hydrogens is 984 g/mol. The SMILES string of the molecule is CC(C)(C)c1ccc(N2c3cc4c(oc5ccccc54)c4c3B(c3c2ccc2c3oc3cc5ccccc5cc32)n2c3ccc(C56CC7CC(CC(C7)C5)C6)cc3c3cc(C56CC7CC(CC(C7)C5)C6)cc-4c32)c(-c2ccccc2)c1. The van der Waals surface area contributed by atoms with Crippen LogP contribution in [0.5, 0.6) is 0 Å². The lowest BCUT2D eigenvalue weighted by atomic mass is 9.44. The molecule has 4 nitrogen and oxygen atoms in total. The van der Waals surface area contributed by atoms with E-state index in [2.05, 4.69) is 188 Å². The van der Waals surface area contributed by atoms with Gasteiger partial charge in [-0.25, -0.2) is 0 Å². The van der Waals surface area contributed by atoms with Gasteiger partial charge in [0.05, 0.1) is 5.69 Å². The number of furan rings is 2. The Hall–Kier alpha value is -7.50. The van der Waals surface area contributed by atoms with Gasteiger partial charge in [-0.3, -0.25) is 0 Å². The number of hydrogen-bond acceptors (Lipinski definition) is 3. The molecule has 3 aromatic heterocycles.